The molecular formula is C16H20N4. The average molecular weight is 268 g/mol. The van der Waals surface area contributed by atoms with Gasteiger partial charge in [-0.3, -0.25) is 0 Å². The number of aryl methyl sites for hydroxylation is 1. The molecule has 104 valence electrons. The monoisotopic (exact) mass is 268 g/mol. The third-order valence-electron chi connectivity index (χ3n) is 3.72. The lowest BCUT2D eigenvalue weighted by molar-refractivity contribution is 0.491. The van der Waals surface area contributed by atoms with Crippen molar-refractivity contribution >= 4 is 0 Å². The smallest absolute Gasteiger partial charge is 0.125 e. The molecule has 20 heavy (non-hydrogen) atoms. The molecule has 0 bridgehead atoms. The van der Waals surface area contributed by atoms with E-state index < -0.39 is 0 Å². The SMILES string of the molecule is Cc1nccc(CNC2CCNCc3ccccc32)n1. The molecule has 4 nitrogen and oxygen atoms in total. The number of nitrogens with zero attached hydrogens (tertiary/aromatic N) is 2. The van der Waals surface area contributed by atoms with Crippen LogP contribution in [0.15, 0.2) is 36.5 Å². The van der Waals surface area contributed by atoms with Crippen LogP contribution in [-0.4, -0.2) is 16.5 Å². The van der Waals surface area contributed by atoms with Crippen LogP contribution in [-0.2, 0) is 13.1 Å². The zero-order chi connectivity index (χ0) is 13.8. The summed E-state index contributed by atoms with van der Waals surface area (Å²) in [5.41, 5.74) is 3.84. The predicted molar refractivity (Wildman–Crippen MR) is 79.1 cm³/mol. The normalized spacial score (nSPS) is 18.4. The van der Waals surface area contributed by atoms with Crippen molar-refractivity contribution in [2.45, 2.75) is 32.5 Å². The van der Waals surface area contributed by atoms with Gasteiger partial charge >= 0.3 is 0 Å². The molecule has 0 aliphatic carbocycles. The molecule has 1 aromatic carbocycles. The summed E-state index contributed by atoms with van der Waals surface area (Å²) < 4.78 is 0. The first-order valence-electron chi connectivity index (χ1n) is 7.13. The standard InChI is InChI=1S/C16H20N4/c1-12-18-9-6-14(20-12)11-19-16-7-8-17-10-13-4-2-3-5-15(13)16/h2-6,9,16-17,19H,7-8,10-11H2,1H3. The zero-order valence-corrected chi connectivity index (χ0v) is 11.8. The Morgan fingerprint density at radius 1 is 1.30 bits per heavy atom. The van der Waals surface area contributed by atoms with Crippen molar-refractivity contribution in [3.05, 3.63) is 59.2 Å². The van der Waals surface area contributed by atoms with Crippen molar-refractivity contribution in [1.82, 2.24) is 20.6 Å². The Hall–Kier alpha value is -1.78. The summed E-state index contributed by atoms with van der Waals surface area (Å²) in [6, 6.07) is 11.0. The first-order valence-corrected chi connectivity index (χ1v) is 7.13. The van der Waals surface area contributed by atoms with Gasteiger partial charge in [-0.15, -0.1) is 0 Å². The van der Waals surface area contributed by atoms with Gasteiger partial charge in [-0.25, -0.2) is 9.97 Å². The highest BCUT2D eigenvalue weighted by atomic mass is 15.0. The van der Waals surface area contributed by atoms with Gasteiger partial charge in [0.25, 0.3) is 0 Å². The predicted octanol–water partition coefficient (Wildman–Crippen LogP) is 2.11. The molecule has 1 unspecified atom stereocenters. The molecule has 3 rings (SSSR count). The molecule has 2 heterocycles. The number of aromatic nitrogens is 2. The van der Waals surface area contributed by atoms with Crippen molar-refractivity contribution in [3.63, 3.8) is 0 Å². The molecule has 0 spiro atoms. The summed E-state index contributed by atoms with van der Waals surface area (Å²) in [4.78, 5) is 8.58. The number of nitrogens with one attached hydrogen (secondary N) is 2. The average Bonchev–Trinajstić information content (AvgIpc) is 2.67. The van der Waals surface area contributed by atoms with Gasteiger partial charge < -0.3 is 10.6 Å². The van der Waals surface area contributed by atoms with E-state index in [4.69, 9.17) is 0 Å². The second-order valence-corrected chi connectivity index (χ2v) is 5.19. The van der Waals surface area contributed by atoms with Gasteiger partial charge in [-0.05, 0) is 37.1 Å². The molecular weight excluding hydrogens is 248 g/mol. The molecule has 4 heteroatoms. The fourth-order valence-electron chi connectivity index (χ4n) is 2.70. The van der Waals surface area contributed by atoms with Crippen molar-refractivity contribution in [3.8, 4) is 0 Å². The third-order valence-corrected chi connectivity index (χ3v) is 3.72. The van der Waals surface area contributed by atoms with Crippen LogP contribution in [0.5, 0.6) is 0 Å². The molecule has 0 amide bonds. The fourth-order valence-corrected chi connectivity index (χ4v) is 2.70. The second kappa shape index (κ2) is 6.11. The van der Waals surface area contributed by atoms with Gasteiger partial charge in [0.1, 0.15) is 5.82 Å². The summed E-state index contributed by atoms with van der Waals surface area (Å²) in [7, 11) is 0. The molecule has 0 saturated carbocycles. The second-order valence-electron chi connectivity index (χ2n) is 5.19. The summed E-state index contributed by atoms with van der Waals surface area (Å²) >= 11 is 0. The van der Waals surface area contributed by atoms with E-state index in [2.05, 4.69) is 44.9 Å². The molecule has 2 aromatic rings. The maximum Gasteiger partial charge on any atom is 0.125 e. The van der Waals surface area contributed by atoms with Crippen LogP contribution in [0.2, 0.25) is 0 Å². The van der Waals surface area contributed by atoms with Crippen LogP contribution in [0.4, 0.5) is 0 Å². The van der Waals surface area contributed by atoms with Crippen molar-refractivity contribution in [1.29, 1.82) is 0 Å². The minimum absolute atomic E-state index is 0.386. The Bertz CT molecular complexity index is 582. The van der Waals surface area contributed by atoms with E-state index in [0.29, 0.717) is 6.04 Å². The van der Waals surface area contributed by atoms with Crippen LogP contribution < -0.4 is 10.6 Å². The lowest BCUT2D eigenvalue weighted by atomic mass is 9.99. The summed E-state index contributed by atoms with van der Waals surface area (Å²) in [6.07, 6.45) is 2.92. The number of fused-ring (bicyclic) bond motifs is 1. The molecule has 0 radical (unpaired) electrons. The Morgan fingerprint density at radius 3 is 3.10 bits per heavy atom. The Kier molecular flexibility index (Phi) is 4.04. The van der Waals surface area contributed by atoms with Crippen molar-refractivity contribution < 1.29 is 0 Å². The highest BCUT2D eigenvalue weighted by Crippen LogP contribution is 2.23. The lowest BCUT2D eigenvalue weighted by Crippen LogP contribution is -2.23. The van der Waals surface area contributed by atoms with E-state index >= 15 is 0 Å². The van der Waals surface area contributed by atoms with Gasteiger partial charge in [-0.1, -0.05) is 24.3 Å². The number of hydrogen-bond acceptors (Lipinski definition) is 4. The van der Waals surface area contributed by atoms with Gasteiger partial charge in [0.05, 0.1) is 5.69 Å². The minimum atomic E-state index is 0.386. The van der Waals surface area contributed by atoms with Crippen LogP contribution in [0.25, 0.3) is 0 Å². The molecule has 1 atom stereocenters. The van der Waals surface area contributed by atoms with E-state index in [0.717, 1.165) is 37.6 Å². The summed E-state index contributed by atoms with van der Waals surface area (Å²) in [5, 5.41) is 7.11. The van der Waals surface area contributed by atoms with Crippen LogP contribution >= 0.6 is 0 Å². The molecule has 1 aromatic heterocycles. The van der Waals surface area contributed by atoms with Crippen molar-refractivity contribution in [2.75, 3.05) is 6.54 Å². The highest BCUT2D eigenvalue weighted by molar-refractivity contribution is 5.31. The molecule has 0 saturated heterocycles. The first kappa shape index (κ1) is 13.2. The quantitative estimate of drug-likeness (QED) is 0.895. The van der Waals surface area contributed by atoms with E-state index in [1.165, 1.54) is 11.1 Å². The molecule has 1 aliphatic rings. The number of hydrogen-bond donors (Lipinski definition) is 2. The number of rotatable bonds is 3. The largest absolute Gasteiger partial charge is 0.313 e. The van der Waals surface area contributed by atoms with E-state index in [1.807, 2.05) is 19.2 Å². The molecule has 2 N–H and O–H groups in total. The fraction of sp³-hybridized carbons (Fsp3) is 0.375. The lowest BCUT2D eigenvalue weighted by Gasteiger charge is -2.18. The summed E-state index contributed by atoms with van der Waals surface area (Å²) in [5.74, 6) is 0.826. The molecule has 1 aliphatic heterocycles. The van der Waals surface area contributed by atoms with Crippen LogP contribution in [0.1, 0.15) is 35.1 Å². The highest BCUT2D eigenvalue weighted by Gasteiger charge is 2.17. The number of benzene rings is 1. The zero-order valence-electron chi connectivity index (χ0n) is 11.8. The Balaban J connectivity index is 1.74. The van der Waals surface area contributed by atoms with Gasteiger partial charge in [-0.2, -0.15) is 0 Å². The Morgan fingerprint density at radius 2 is 2.20 bits per heavy atom. The van der Waals surface area contributed by atoms with Gasteiger partial charge in [0.15, 0.2) is 0 Å². The van der Waals surface area contributed by atoms with Crippen molar-refractivity contribution in [2.24, 2.45) is 0 Å². The maximum absolute atomic E-state index is 4.45. The third kappa shape index (κ3) is 3.03. The topological polar surface area (TPSA) is 49.8 Å². The first-order chi connectivity index (χ1) is 9.83. The van der Waals surface area contributed by atoms with E-state index in [1.54, 1.807) is 0 Å². The minimum Gasteiger partial charge on any atom is -0.313 e. The van der Waals surface area contributed by atoms with Crippen LogP contribution in [0, 0.1) is 6.92 Å². The summed E-state index contributed by atoms with van der Waals surface area (Å²) in [6.45, 7) is 4.70. The van der Waals surface area contributed by atoms with Crippen LogP contribution in [0.3, 0.4) is 0 Å². The van der Waals surface area contributed by atoms with E-state index in [-0.39, 0.29) is 0 Å². The van der Waals surface area contributed by atoms with Gasteiger partial charge in [0, 0.05) is 25.3 Å². The Labute approximate surface area is 119 Å². The molecule has 0 fully saturated rings. The van der Waals surface area contributed by atoms with E-state index in [9.17, 15) is 0 Å². The maximum atomic E-state index is 4.45. The van der Waals surface area contributed by atoms with Gasteiger partial charge in [0.2, 0.25) is 0 Å².